The summed E-state index contributed by atoms with van der Waals surface area (Å²) in [6.45, 7) is 3.95. The van der Waals surface area contributed by atoms with Crippen LogP contribution in [0.25, 0.3) is 0 Å². The molecule has 1 aromatic carbocycles. The smallest absolute Gasteiger partial charge is 0.287 e. The molecule has 0 spiro atoms. The van der Waals surface area contributed by atoms with Gasteiger partial charge in [-0.2, -0.15) is 5.10 Å². The maximum absolute atomic E-state index is 12.1. The number of allylic oxidation sites excluding steroid dienone is 1. The highest BCUT2D eigenvalue weighted by atomic mass is 35.5. The van der Waals surface area contributed by atoms with E-state index >= 15 is 0 Å². The van der Waals surface area contributed by atoms with E-state index in [4.69, 9.17) is 11.6 Å². The van der Waals surface area contributed by atoms with Gasteiger partial charge >= 0.3 is 0 Å². The van der Waals surface area contributed by atoms with Crippen LogP contribution in [-0.4, -0.2) is 15.8 Å². The summed E-state index contributed by atoms with van der Waals surface area (Å²) in [5.41, 5.74) is 3.00. The lowest BCUT2D eigenvalue weighted by atomic mass is 10.1. The third-order valence-corrected chi connectivity index (χ3v) is 4.06. The van der Waals surface area contributed by atoms with Crippen molar-refractivity contribution in [2.45, 2.75) is 25.4 Å². The number of hydrogen-bond acceptors (Lipinski definition) is 3. The number of benzene rings is 1. The highest BCUT2D eigenvalue weighted by Gasteiger charge is 2.22. The molecule has 1 aliphatic rings. The van der Waals surface area contributed by atoms with Crippen LogP contribution >= 0.6 is 11.6 Å². The molecule has 0 saturated carbocycles. The molecule has 3 rings (SSSR count). The number of rotatable bonds is 4. The number of anilines is 1. The Morgan fingerprint density at radius 2 is 2.05 bits per heavy atom. The van der Waals surface area contributed by atoms with Crippen molar-refractivity contribution in [2.75, 3.05) is 5.32 Å². The van der Waals surface area contributed by atoms with E-state index in [0.717, 1.165) is 12.8 Å². The first-order valence-electron chi connectivity index (χ1n) is 6.89. The first-order chi connectivity index (χ1) is 10.2. The van der Waals surface area contributed by atoms with Gasteiger partial charge in [0.15, 0.2) is 0 Å². The van der Waals surface area contributed by atoms with Crippen molar-refractivity contribution in [3.63, 3.8) is 0 Å². The van der Waals surface area contributed by atoms with Crippen molar-refractivity contribution in [1.82, 2.24) is 9.78 Å². The predicted octanol–water partition coefficient (Wildman–Crippen LogP) is 2.66. The molecule has 21 heavy (non-hydrogen) atoms. The average molecular weight is 302 g/mol. The maximum atomic E-state index is 12.1. The largest absolute Gasteiger partial charge is 0.379 e. The number of fused-ring (bicyclic) bond motifs is 1. The Hall–Kier alpha value is -2.07. The molecule has 0 bridgehead atoms. The van der Waals surface area contributed by atoms with Gasteiger partial charge in [0.1, 0.15) is 5.02 Å². The summed E-state index contributed by atoms with van der Waals surface area (Å²) in [6, 6.07) is 8.62. The van der Waals surface area contributed by atoms with Gasteiger partial charge in [-0.25, -0.2) is 4.68 Å². The highest BCUT2D eigenvalue weighted by molar-refractivity contribution is 6.32. The van der Waals surface area contributed by atoms with Gasteiger partial charge in [0.25, 0.3) is 5.56 Å². The van der Waals surface area contributed by atoms with Crippen molar-refractivity contribution in [3.05, 3.63) is 69.6 Å². The first-order valence-corrected chi connectivity index (χ1v) is 7.26. The monoisotopic (exact) mass is 301 g/mol. The van der Waals surface area contributed by atoms with E-state index in [1.54, 1.807) is 12.3 Å². The van der Waals surface area contributed by atoms with Gasteiger partial charge in [-0.3, -0.25) is 4.79 Å². The van der Waals surface area contributed by atoms with Crippen LogP contribution in [0.1, 0.15) is 11.1 Å². The molecule has 1 N–H and O–H groups in total. The Morgan fingerprint density at radius 1 is 1.38 bits per heavy atom. The SMILES string of the molecule is C=CCn1ncc(NC2Cc3ccccc3C2)c(Cl)c1=O. The Bertz CT molecular complexity index is 714. The van der Waals surface area contributed by atoms with E-state index in [2.05, 4.69) is 29.1 Å². The van der Waals surface area contributed by atoms with Crippen LogP contribution in [0.5, 0.6) is 0 Å². The summed E-state index contributed by atoms with van der Waals surface area (Å²) in [4.78, 5) is 12.1. The lowest BCUT2D eigenvalue weighted by molar-refractivity contribution is 0.651. The Morgan fingerprint density at radius 3 is 2.67 bits per heavy atom. The molecule has 1 aliphatic carbocycles. The molecule has 108 valence electrons. The molecule has 1 heterocycles. The molecule has 0 atom stereocenters. The van der Waals surface area contributed by atoms with Crippen molar-refractivity contribution in [1.29, 1.82) is 0 Å². The standard InChI is InChI=1S/C16H16ClN3O/c1-2-7-20-16(21)15(17)14(10-18-20)19-13-8-11-5-3-4-6-12(11)9-13/h2-6,10,13,19H,1,7-9H2. The van der Waals surface area contributed by atoms with Gasteiger partial charge in [-0.05, 0) is 24.0 Å². The zero-order valence-electron chi connectivity index (χ0n) is 11.6. The van der Waals surface area contributed by atoms with Crippen molar-refractivity contribution < 1.29 is 0 Å². The van der Waals surface area contributed by atoms with Crippen LogP contribution in [0.4, 0.5) is 5.69 Å². The third kappa shape index (κ3) is 2.72. The van der Waals surface area contributed by atoms with Crippen LogP contribution in [0.3, 0.4) is 0 Å². The van der Waals surface area contributed by atoms with E-state index in [1.165, 1.54) is 15.8 Å². The van der Waals surface area contributed by atoms with Gasteiger partial charge < -0.3 is 5.32 Å². The lowest BCUT2D eigenvalue weighted by Gasteiger charge is -2.15. The summed E-state index contributed by atoms with van der Waals surface area (Å²) >= 11 is 6.15. The summed E-state index contributed by atoms with van der Waals surface area (Å²) in [6.07, 6.45) is 5.09. The molecule has 4 nitrogen and oxygen atoms in total. The lowest BCUT2D eigenvalue weighted by Crippen LogP contribution is -2.26. The molecule has 1 aromatic heterocycles. The molecule has 0 unspecified atom stereocenters. The molecule has 2 aromatic rings. The second kappa shape index (κ2) is 5.74. The Labute approximate surface area is 128 Å². The third-order valence-electron chi connectivity index (χ3n) is 3.70. The van der Waals surface area contributed by atoms with E-state index in [-0.39, 0.29) is 16.6 Å². The fourth-order valence-corrected chi connectivity index (χ4v) is 2.90. The van der Waals surface area contributed by atoms with Crippen LogP contribution in [-0.2, 0) is 19.4 Å². The van der Waals surface area contributed by atoms with E-state index in [1.807, 2.05) is 12.1 Å². The molecule has 0 amide bonds. The molecule has 5 heteroatoms. The van der Waals surface area contributed by atoms with Gasteiger partial charge in [-0.1, -0.05) is 41.9 Å². The fraction of sp³-hybridized carbons (Fsp3) is 0.250. The molecule has 0 radical (unpaired) electrons. The maximum Gasteiger partial charge on any atom is 0.287 e. The minimum Gasteiger partial charge on any atom is -0.379 e. The second-order valence-corrected chi connectivity index (χ2v) is 5.54. The van der Waals surface area contributed by atoms with Gasteiger partial charge in [0.05, 0.1) is 18.4 Å². The number of nitrogens with zero attached hydrogens (tertiary/aromatic N) is 2. The summed E-state index contributed by atoms with van der Waals surface area (Å²) < 4.78 is 1.30. The zero-order valence-corrected chi connectivity index (χ0v) is 12.3. The molecular weight excluding hydrogens is 286 g/mol. The number of hydrogen-bond donors (Lipinski definition) is 1. The van der Waals surface area contributed by atoms with Crippen molar-refractivity contribution in [3.8, 4) is 0 Å². The summed E-state index contributed by atoms with van der Waals surface area (Å²) in [5.74, 6) is 0. The topological polar surface area (TPSA) is 46.9 Å². The quantitative estimate of drug-likeness (QED) is 0.883. The zero-order chi connectivity index (χ0) is 14.8. The molecule has 0 saturated heterocycles. The average Bonchev–Trinajstić information content (AvgIpc) is 2.89. The molecular formula is C16H16ClN3O. The second-order valence-electron chi connectivity index (χ2n) is 5.17. The van der Waals surface area contributed by atoms with Gasteiger partial charge in [0.2, 0.25) is 0 Å². The van der Waals surface area contributed by atoms with E-state index in [0.29, 0.717) is 12.2 Å². The van der Waals surface area contributed by atoms with Crippen LogP contribution < -0.4 is 10.9 Å². The van der Waals surface area contributed by atoms with Crippen LogP contribution in [0.2, 0.25) is 5.02 Å². The first kappa shape index (κ1) is 13.9. The van der Waals surface area contributed by atoms with Gasteiger partial charge in [0, 0.05) is 6.04 Å². The number of aromatic nitrogens is 2. The van der Waals surface area contributed by atoms with Crippen molar-refractivity contribution in [2.24, 2.45) is 0 Å². The molecule has 0 aliphatic heterocycles. The van der Waals surface area contributed by atoms with Crippen molar-refractivity contribution >= 4 is 17.3 Å². The van der Waals surface area contributed by atoms with Gasteiger partial charge in [-0.15, -0.1) is 6.58 Å². The van der Waals surface area contributed by atoms with Crippen LogP contribution in [0.15, 0.2) is 47.9 Å². The molecule has 0 fully saturated rings. The summed E-state index contributed by atoms with van der Waals surface area (Å²) in [7, 11) is 0. The Balaban J connectivity index is 1.80. The summed E-state index contributed by atoms with van der Waals surface area (Å²) in [5, 5.41) is 7.62. The normalized spacial score (nSPS) is 14.0. The van der Waals surface area contributed by atoms with E-state index < -0.39 is 0 Å². The number of nitrogens with one attached hydrogen (secondary N) is 1. The Kier molecular flexibility index (Phi) is 3.80. The predicted molar refractivity (Wildman–Crippen MR) is 85.0 cm³/mol. The highest BCUT2D eigenvalue weighted by Crippen LogP contribution is 2.25. The van der Waals surface area contributed by atoms with E-state index in [9.17, 15) is 4.79 Å². The fourth-order valence-electron chi connectivity index (χ4n) is 2.70. The van der Waals surface area contributed by atoms with Crippen LogP contribution in [0, 0.1) is 0 Å². The minimum atomic E-state index is -0.294. The minimum absolute atomic E-state index is 0.183. The number of halogens is 1.